The van der Waals surface area contributed by atoms with Gasteiger partial charge < -0.3 is 30.3 Å². The normalized spacial score (nSPS) is 7.41. The van der Waals surface area contributed by atoms with Crippen molar-refractivity contribution in [2.45, 2.75) is 0 Å². The zero-order valence-electron chi connectivity index (χ0n) is 9.02. The van der Waals surface area contributed by atoms with Gasteiger partial charge >= 0.3 is 0 Å². The molecule has 2 aromatic carbocycles. The molecule has 0 unspecified atom stereocenters. The van der Waals surface area contributed by atoms with Crippen LogP contribution in [0.25, 0.3) is 6.08 Å². The van der Waals surface area contributed by atoms with Crippen LogP contribution < -0.4 is 0 Å². The van der Waals surface area contributed by atoms with Crippen molar-refractivity contribution in [3.05, 3.63) is 65.7 Å². The van der Waals surface area contributed by atoms with Gasteiger partial charge in [-0.1, -0.05) is 0 Å². The van der Waals surface area contributed by atoms with E-state index in [0.717, 1.165) is 5.56 Å². The summed E-state index contributed by atoms with van der Waals surface area (Å²) in [5.41, 5.74) is 1.03. The fourth-order valence-electron chi connectivity index (χ4n) is 1.06. The molecular weight excluding hydrogens is 252 g/mol. The Balaban J connectivity index is 0.000000360. The number of nitriles is 2. The first kappa shape index (κ1) is 14.9. The van der Waals surface area contributed by atoms with Crippen LogP contribution in [0.3, 0.4) is 0 Å². The van der Waals surface area contributed by atoms with E-state index in [1.54, 1.807) is 18.2 Å². The molecule has 0 aliphatic rings. The standard InChI is InChI=1S/C9H5N2.C5H5.Fe/c10-6-9(7-11)5-8-3-1-2-4-8;1-2-4-5-3-1;/h1-5H;1-5H;/q-1;-5;. The molecule has 0 amide bonds. The zero-order valence-corrected chi connectivity index (χ0v) is 10.1. The smallest absolute Gasteiger partial charge is 0.0596 e. The molecular formula is C14H10FeN2-6. The van der Waals surface area contributed by atoms with E-state index >= 15 is 0 Å². The Labute approximate surface area is 112 Å². The summed E-state index contributed by atoms with van der Waals surface area (Å²) in [5.74, 6) is 0. The minimum atomic E-state index is 0. The molecule has 0 saturated heterocycles. The van der Waals surface area contributed by atoms with Crippen molar-refractivity contribution in [3.63, 3.8) is 0 Å². The van der Waals surface area contributed by atoms with Crippen LogP contribution in [0.15, 0.2) is 60.2 Å². The van der Waals surface area contributed by atoms with Gasteiger partial charge in [0.1, 0.15) is 0 Å². The average Bonchev–Trinajstić information content (AvgIpc) is 3.01. The van der Waals surface area contributed by atoms with Crippen molar-refractivity contribution in [3.8, 4) is 12.1 Å². The van der Waals surface area contributed by atoms with Gasteiger partial charge in [0.25, 0.3) is 0 Å². The predicted molar refractivity (Wildman–Crippen MR) is 63.3 cm³/mol. The molecule has 2 rings (SSSR count). The molecule has 2 aromatic rings. The van der Waals surface area contributed by atoms with Crippen LogP contribution in [-0.4, -0.2) is 0 Å². The molecule has 3 heteroatoms. The van der Waals surface area contributed by atoms with Crippen molar-refractivity contribution in [2.75, 3.05) is 0 Å². The third-order valence-corrected chi connectivity index (χ3v) is 1.80. The van der Waals surface area contributed by atoms with Gasteiger partial charge in [0, 0.05) is 17.1 Å². The van der Waals surface area contributed by atoms with E-state index in [0.29, 0.717) is 0 Å². The maximum atomic E-state index is 8.38. The van der Waals surface area contributed by atoms with Gasteiger partial charge in [0.05, 0.1) is 17.7 Å². The van der Waals surface area contributed by atoms with Crippen LogP contribution in [0.1, 0.15) is 5.56 Å². The Morgan fingerprint density at radius 1 is 0.941 bits per heavy atom. The molecule has 2 nitrogen and oxygen atoms in total. The van der Waals surface area contributed by atoms with Crippen molar-refractivity contribution in [1.82, 2.24) is 0 Å². The van der Waals surface area contributed by atoms with E-state index in [2.05, 4.69) is 0 Å². The molecule has 0 aromatic heterocycles. The Morgan fingerprint density at radius 2 is 1.35 bits per heavy atom. The molecule has 90 valence electrons. The number of hydrogen-bond donors (Lipinski definition) is 0. The first-order valence-corrected chi connectivity index (χ1v) is 4.77. The minimum absolute atomic E-state index is 0. The van der Waals surface area contributed by atoms with E-state index in [1.807, 2.05) is 54.6 Å². The van der Waals surface area contributed by atoms with Crippen LogP contribution in [0.5, 0.6) is 0 Å². The topological polar surface area (TPSA) is 47.6 Å². The fourth-order valence-corrected chi connectivity index (χ4v) is 1.06. The fraction of sp³-hybridized carbons (Fsp3) is 0. The summed E-state index contributed by atoms with van der Waals surface area (Å²) >= 11 is 0. The van der Waals surface area contributed by atoms with E-state index in [1.165, 1.54) is 0 Å². The van der Waals surface area contributed by atoms with Crippen LogP contribution in [0, 0.1) is 22.7 Å². The summed E-state index contributed by atoms with van der Waals surface area (Å²) in [6.07, 6.45) is 1.56. The van der Waals surface area contributed by atoms with Gasteiger partial charge in [-0.25, -0.2) is 10.5 Å². The van der Waals surface area contributed by atoms with Gasteiger partial charge in [-0.3, -0.25) is 0 Å². The summed E-state index contributed by atoms with van der Waals surface area (Å²) in [6.45, 7) is 0. The summed E-state index contributed by atoms with van der Waals surface area (Å²) < 4.78 is 0. The number of rotatable bonds is 1. The average molecular weight is 262 g/mol. The molecule has 0 atom stereocenters. The largest absolute Gasteiger partial charge is 0.748 e. The summed E-state index contributed by atoms with van der Waals surface area (Å²) in [5, 5.41) is 16.8. The minimum Gasteiger partial charge on any atom is -0.748 e. The maximum Gasteiger partial charge on any atom is 0.0596 e. The van der Waals surface area contributed by atoms with Gasteiger partial charge in [-0.15, -0.1) is 23.8 Å². The summed E-state index contributed by atoms with van der Waals surface area (Å²) in [4.78, 5) is 0. The second-order valence-corrected chi connectivity index (χ2v) is 2.96. The third-order valence-electron chi connectivity index (χ3n) is 1.80. The maximum absolute atomic E-state index is 8.38. The second-order valence-electron chi connectivity index (χ2n) is 2.96. The predicted octanol–water partition coefficient (Wildman–Crippen LogP) is 3.24. The van der Waals surface area contributed by atoms with E-state index in [9.17, 15) is 0 Å². The third kappa shape index (κ3) is 6.17. The van der Waals surface area contributed by atoms with Gasteiger partial charge in [0.15, 0.2) is 0 Å². The Hall–Kier alpha value is -2.06. The Bertz CT molecular complexity index is 460. The summed E-state index contributed by atoms with van der Waals surface area (Å²) in [6, 6.07) is 21.0. The van der Waals surface area contributed by atoms with Gasteiger partial charge in [-0.2, -0.15) is 12.1 Å². The van der Waals surface area contributed by atoms with Crippen LogP contribution >= 0.6 is 0 Å². The quantitative estimate of drug-likeness (QED) is 0.450. The van der Waals surface area contributed by atoms with Crippen molar-refractivity contribution < 1.29 is 17.1 Å². The Morgan fingerprint density at radius 3 is 1.71 bits per heavy atom. The van der Waals surface area contributed by atoms with Crippen molar-refractivity contribution >= 4 is 6.08 Å². The first-order valence-electron chi connectivity index (χ1n) is 4.77. The zero-order chi connectivity index (χ0) is 11.6. The SMILES string of the molecule is N#CC(C#N)=C[c-]1cccc1.[Fe].[cH-]1[cH-][cH-][cH-][cH-]1. The van der Waals surface area contributed by atoms with E-state index in [-0.39, 0.29) is 22.6 Å². The van der Waals surface area contributed by atoms with Crippen molar-refractivity contribution in [2.24, 2.45) is 0 Å². The van der Waals surface area contributed by atoms with Gasteiger partial charge in [0.2, 0.25) is 0 Å². The van der Waals surface area contributed by atoms with Gasteiger partial charge in [-0.05, 0) is 0 Å². The molecule has 0 radical (unpaired) electrons. The Kier molecular flexibility index (Phi) is 8.07. The molecule has 17 heavy (non-hydrogen) atoms. The second kappa shape index (κ2) is 9.19. The van der Waals surface area contributed by atoms with Crippen molar-refractivity contribution in [1.29, 1.82) is 10.5 Å². The van der Waals surface area contributed by atoms with E-state index in [4.69, 9.17) is 10.5 Å². The van der Waals surface area contributed by atoms with Crippen LogP contribution in [0.4, 0.5) is 0 Å². The summed E-state index contributed by atoms with van der Waals surface area (Å²) in [7, 11) is 0. The van der Waals surface area contributed by atoms with Crippen LogP contribution in [0.2, 0.25) is 0 Å². The molecule has 0 aliphatic carbocycles. The molecule has 0 spiro atoms. The molecule has 0 bridgehead atoms. The number of allylic oxidation sites excluding steroid dienone is 1. The molecule has 0 N–H and O–H groups in total. The first-order chi connectivity index (χ1) is 7.86. The van der Waals surface area contributed by atoms with E-state index < -0.39 is 0 Å². The molecule has 0 aliphatic heterocycles. The monoisotopic (exact) mass is 262 g/mol. The molecule has 0 fully saturated rings. The molecule has 0 saturated carbocycles. The molecule has 0 heterocycles. The van der Waals surface area contributed by atoms with Crippen LogP contribution in [-0.2, 0) is 17.1 Å². The number of hydrogen-bond acceptors (Lipinski definition) is 2. The number of nitrogens with zero attached hydrogens (tertiary/aromatic N) is 2.